The zero-order valence-electron chi connectivity index (χ0n) is 25.6. The standard InChI is InChI=1S/C41H38O2/c1-7-27-10-14-29(15-11-27)36-25-37(30-16-12-28(13-17-30)9-8-22-43-40(42)26(2)3)35-21-19-32-24-33(41(4,5)6)23-31-18-20-34(36)39(35)38(31)32/h7,10-21,23-25H,1-2,8-9,22H2,3-6H3. The van der Waals surface area contributed by atoms with Gasteiger partial charge < -0.3 is 4.74 Å². The Morgan fingerprint density at radius 3 is 1.84 bits per heavy atom. The van der Waals surface area contributed by atoms with Crippen molar-refractivity contribution >= 4 is 44.4 Å². The summed E-state index contributed by atoms with van der Waals surface area (Å²) in [6, 6.07) is 33.8. The van der Waals surface area contributed by atoms with Crippen molar-refractivity contribution in [3.8, 4) is 22.3 Å². The van der Waals surface area contributed by atoms with Gasteiger partial charge in [0.2, 0.25) is 0 Å². The third-order valence-corrected chi connectivity index (χ3v) is 8.50. The first kappa shape index (κ1) is 28.4. The molecule has 6 rings (SSSR count). The third-order valence-electron chi connectivity index (χ3n) is 8.50. The van der Waals surface area contributed by atoms with Crippen LogP contribution < -0.4 is 0 Å². The zero-order chi connectivity index (χ0) is 30.3. The van der Waals surface area contributed by atoms with Crippen molar-refractivity contribution in [1.82, 2.24) is 0 Å². The maximum atomic E-state index is 11.7. The van der Waals surface area contributed by atoms with Gasteiger partial charge in [-0.15, -0.1) is 0 Å². The summed E-state index contributed by atoms with van der Waals surface area (Å²) in [7, 11) is 0. The van der Waals surface area contributed by atoms with Gasteiger partial charge >= 0.3 is 5.97 Å². The highest BCUT2D eigenvalue weighted by Gasteiger charge is 2.20. The highest BCUT2D eigenvalue weighted by Crippen LogP contribution is 2.45. The summed E-state index contributed by atoms with van der Waals surface area (Å²) >= 11 is 0. The van der Waals surface area contributed by atoms with E-state index in [1.54, 1.807) is 6.92 Å². The number of rotatable bonds is 8. The average molecular weight is 563 g/mol. The van der Waals surface area contributed by atoms with E-state index in [9.17, 15) is 4.79 Å². The second-order valence-corrected chi connectivity index (χ2v) is 12.7. The smallest absolute Gasteiger partial charge is 0.333 e. The first-order chi connectivity index (χ1) is 20.6. The largest absolute Gasteiger partial charge is 0.462 e. The average Bonchev–Trinajstić information content (AvgIpc) is 3.01. The zero-order valence-corrected chi connectivity index (χ0v) is 25.6. The lowest BCUT2D eigenvalue weighted by molar-refractivity contribution is -0.139. The van der Waals surface area contributed by atoms with Crippen LogP contribution in [0.1, 0.15) is 50.8 Å². The predicted octanol–water partition coefficient (Wildman–Crippen LogP) is 10.9. The van der Waals surface area contributed by atoms with Crippen molar-refractivity contribution in [2.24, 2.45) is 0 Å². The Bertz CT molecular complexity index is 1970. The molecular formula is C41H38O2. The summed E-state index contributed by atoms with van der Waals surface area (Å²) in [6.07, 6.45) is 3.51. The molecule has 0 unspecified atom stereocenters. The Morgan fingerprint density at radius 1 is 0.767 bits per heavy atom. The Hall–Kier alpha value is -4.69. The first-order valence-corrected chi connectivity index (χ1v) is 15.0. The molecular weight excluding hydrogens is 524 g/mol. The van der Waals surface area contributed by atoms with E-state index in [0.717, 1.165) is 18.4 Å². The van der Waals surface area contributed by atoms with Gasteiger partial charge in [0.25, 0.3) is 0 Å². The van der Waals surface area contributed by atoms with Gasteiger partial charge in [-0.05, 0) is 103 Å². The number of ether oxygens (including phenoxy) is 1. The maximum absolute atomic E-state index is 11.7. The molecule has 0 N–H and O–H groups in total. The van der Waals surface area contributed by atoms with E-state index in [-0.39, 0.29) is 11.4 Å². The summed E-state index contributed by atoms with van der Waals surface area (Å²) in [5.41, 5.74) is 9.04. The van der Waals surface area contributed by atoms with Crippen LogP contribution in [0.25, 0.3) is 60.6 Å². The molecule has 0 radical (unpaired) electrons. The summed E-state index contributed by atoms with van der Waals surface area (Å²) in [5, 5.41) is 7.76. The monoisotopic (exact) mass is 562 g/mol. The van der Waals surface area contributed by atoms with Crippen LogP contribution in [-0.4, -0.2) is 12.6 Å². The fourth-order valence-electron chi connectivity index (χ4n) is 6.04. The minimum absolute atomic E-state index is 0.0711. The van der Waals surface area contributed by atoms with Gasteiger partial charge in [-0.3, -0.25) is 0 Å². The van der Waals surface area contributed by atoms with Gasteiger partial charge in [0.1, 0.15) is 0 Å². The molecule has 2 nitrogen and oxygen atoms in total. The normalized spacial score (nSPS) is 11.8. The van der Waals surface area contributed by atoms with Crippen LogP contribution in [0.15, 0.2) is 110 Å². The van der Waals surface area contributed by atoms with Crippen LogP contribution in [-0.2, 0) is 21.4 Å². The summed E-state index contributed by atoms with van der Waals surface area (Å²) in [4.78, 5) is 11.7. The number of aryl methyl sites for hydroxylation is 1. The molecule has 2 heteroatoms. The van der Waals surface area contributed by atoms with Crippen LogP contribution in [0.2, 0.25) is 0 Å². The molecule has 0 saturated heterocycles. The molecule has 6 aromatic rings. The Kier molecular flexibility index (Phi) is 7.40. The first-order valence-electron chi connectivity index (χ1n) is 15.0. The SMILES string of the molecule is C=Cc1ccc(-c2cc(-c3ccc(CCCOC(=O)C(=C)C)cc3)c3ccc4cc(C(C)(C)C)cc5ccc2c3c54)cc1. The minimum Gasteiger partial charge on any atom is -0.462 e. The lowest BCUT2D eigenvalue weighted by Gasteiger charge is -2.23. The topological polar surface area (TPSA) is 26.3 Å². The fourth-order valence-corrected chi connectivity index (χ4v) is 6.04. The van der Waals surface area contributed by atoms with Crippen LogP contribution in [0.3, 0.4) is 0 Å². The second kappa shape index (κ2) is 11.2. The van der Waals surface area contributed by atoms with Crippen molar-refractivity contribution in [3.05, 3.63) is 126 Å². The van der Waals surface area contributed by atoms with E-state index < -0.39 is 0 Å². The van der Waals surface area contributed by atoms with Crippen molar-refractivity contribution in [1.29, 1.82) is 0 Å². The fraction of sp³-hybridized carbons (Fsp3) is 0.195. The van der Waals surface area contributed by atoms with Gasteiger partial charge in [-0.25, -0.2) is 4.79 Å². The number of esters is 1. The molecule has 0 heterocycles. The lowest BCUT2D eigenvalue weighted by atomic mass is 9.81. The summed E-state index contributed by atoms with van der Waals surface area (Å²) in [6.45, 7) is 16.5. The van der Waals surface area contributed by atoms with Gasteiger partial charge in [-0.1, -0.05) is 125 Å². The third kappa shape index (κ3) is 5.46. The Morgan fingerprint density at radius 2 is 1.33 bits per heavy atom. The van der Waals surface area contributed by atoms with Crippen LogP contribution in [0.4, 0.5) is 0 Å². The lowest BCUT2D eigenvalue weighted by Crippen LogP contribution is -2.10. The number of hydrogen-bond donors (Lipinski definition) is 0. The highest BCUT2D eigenvalue weighted by molar-refractivity contribution is 6.28. The summed E-state index contributed by atoms with van der Waals surface area (Å²) < 4.78 is 5.27. The molecule has 0 aliphatic carbocycles. The predicted molar refractivity (Wildman–Crippen MR) is 184 cm³/mol. The molecule has 0 aliphatic heterocycles. The Labute approximate surface area is 254 Å². The number of carbonyl (C=O) groups excluding carboxylic acids is 1. The van der Waals surface area contributed by atoms with E-state index in [1.165, 1.54) is 65.7 Å². The number of hydrogen-bond acceptors (Lipinski definition) is 2. The van der Waals surface area contributed by atoms with Gasteiger partial charge in [0.15, 0.2) is 0 Å². The maximum Gasteiger partial charge on any atom is 0.333 e. The molecule has 0 saturated carbocycles. The quantitative estimate of drug-likeness (QED) is 0.0798. The van der Waals surface area contributed by atoms with E-state index in [2.05, 4.69) is 125 Å². The molecule has 0 spiro atoms. The second-order valence-electron chi connectivity index (χ2n) is 12.7. The van der Waals surface area contributed by atoms with E-state index >= 15 is 0 Å². The molecule has 0 amide bonds. The van der Waals surface area contributed by atoms with Crippen molar-refractivity contribution in [2.45, 2.75) is 46.0 Å². The molecule has 0 fully saturated rings. The van der Waals surface area contributed by atoms with Gasteiger partial charge in [-0.2, -0.15) is 0 Å². The van der Waals surface area contributed by atoms with Crippen LogP contribution >= 0.6 is 0 Å². The van der Waals surface area contributed by atoms with Crippen molar-refractivity contribution < 1.29 is 9.53 Å². The molecule has 0 bridgehead atoms. The molecule has 0 aliphatic rings. The Balaban J connectivity index is 1.48. The van der Waals surface area contributed by atoms with Gasteiger partial charge in [0.05, 0.1) is 6.61 Å². The summed E-state index contributed by atoms with van der Waals surface area (Å²) in [5.74, 6) is -0.325. The molecule has 6 aromatic carbocycles. The van der Waals surface area contributed by atoms with Crippen LogP contribution in [0, 0.1) is 0 Å². The molecule has 214 valence electrons. The molecule has 43 heavy (non-hydrogen) atoms. The minimum atomic E-state index is -0.325. The number of benzene rings is 6. The number of carbonyl (C=O) groups is 1. The van der Waals surface area contributed by atoms with Crippen molar-refractivity contribution in [2.75, 3.05) is 6.61 Å². The molecule has 0 atom stereocenters. The van der Waals surface area contributed by atoms with E-state index in [4.69, 9.17) is 4.74 Å². The van der Waals surface area contributed by atoms with E-state index in [0.29, 0.717) is 12.2 Å². The van der Waals surface area contributed by atoms with Crippen molar-refractivity contribution in [3.63, 3.8) is 0 Å². The van der Waals surface area contributed by atoms with Gasteiger partial charge in [0, 0.05) is 5.57 Å². The van der Waals surface area contributed by atoms with E-state index in [1.807, 2.05) is 6.08 Å². The van der Waals surface area contributed by atoms with Crippen LogP contribution in [0.5, 0.6) is 0 Å². The molecule has 0 aromatic heterocycles. The highest BCUT2D eigenvalue weighted by atomic mass is 16.5.